The van der Waals surface area contributed by atoms with E-state index in [1.807, 2.05) is 0 Å². The molecule has 0 aromatic carbocycles. The minimum absolute atomic E-state index is 0.270. The highest BCUT2D eigenvalue weighted by atomic mass is 32.2. The van der Waals surface area contributed by atoms with E-state index in [1.165, 1.54) is 19.3 Å². The number of rotatable bonds is 6. The average Bonchev–Trinajstić information content (AvgIpc) is 3.14. The van der Waals surface area contributed by atoms with Crippen LogP contribution in [0.5, 0.6) is 0 Å². The molecule has 0 aliphatic heterocycles. The Morgan fingerprint density at radius 1 is 1.28 bits per heavy atom. The highest BCUT2D eigenvalue weighted by Gasteiger charge is 2.40. The Morgan fingerprint density at radius 2 is 2.00 bits per heavy atom. The van der Waals surface area contributed by atoms with Crippen LogP contribution in [0, 0.1) is 11.8 Å². The van der Waals surface area contributed by atoms with Gasteiger partial charge in [0.25, 0.3) is 0 Å². The van der Waals surface area contributed by atoms with Crippen molar-refractivity contribution in [1.82, 2.24) is 4.72 Å². The van der Waals surface area contributed by atoms with Gasteiger partial charge in [0.2, 0.25) is 10.0 Å². The van der Waals surface area contributed by atoms with Gasteiger partial charge in [0.15, 0.2) is 0 Å². The average molecular weight is 274 g/mol. The van der Waals surface area contributed by atoms with Crippen molar-refractivity contribution in [1.29, 1.82) is 0 Å². The molecule has 0 radical (unpaired) electrons. The molecule has 2 fully saturated rings. The summed E-state index contributed by atoms with van der Waals surface area (Å²) in [6.45, 7) is 2.53. The minimum atomic E-state index is -3.17. The number of nitrogens with one attached hydrogen (secondary N) is 1. The topological polar surface area (TPSA) is 72.2 Å². The van der Waals surface area contributed by atoms with Crippen molar-refractivity contribution in [3.8, 4) is 0 Å². The maximum atomic E-state index is 12.2. The van der Waals surface area contributed by atoms with Crippen molar-refractivity contribution in [2.24, 2.45) is 17.6 Å². The second kappa shape index (κ2) is 5.47. The quantitative estimate of drug-likeness (QED) is 0.773. The Labute approximate surface area is 111 Å². The first kappa shape index (κ1) is 14.3. The lowest BCUT2D eigenvalue weighted by atomic mass is 9.74. The van der Waals surface area contributed by atoms with Crippen LogP contribution in [0.25, 0.3) is 0 Å². The molecule has 2 saturated carbocycles. The molecule has 0 bridgehead atoms. The highest BCUT2D eigenvalue weighted by molar-refractivity contribution is 7.89. The van der Waals surface area contributed by atoms with Gasteiger partial charge in [0.1, 0.15) is 0 Å². The fraction of sp³-hybridized carbons (Fsp3) is 1.00. The van der Waals surface area contributed by atoms with Gasteiger partial charge in [-0.2, -0.15) is 0 Å². The van der Waals surface area contributed by atoms with Crippen LogP contribution in [-0.2, 0) is 10.0 Å². The van der Waals surface area contributed by atoms with Gasteiger partial charge in [-0.1, -0.05) is 32.6 Å². The van der Waals surface area contributed by atoms with Crippen LogP contribution in [0.4, 0.5) is 0 Å². The Kier molecular flexibility index (Phi) is 4.34. The van der Waals surface area contributed by atoms with Crippen molar-refractivity contribution < 1.29 is 8.42 Å². The summed E-state index contributed by atoms with van der Waals surface area (Å²) in [6, 6.07) is 0. The van der Waals surface area contributed by atoms with E-state index in [2.05, 4.69) is 11.6 Å². The van der Waals surface area contributed by atoms with Gasteiger partial charge >= 0.3 is 0 Å². The molecule has 0 saturated heterocycles. The van der Waals surface area contributed by atoms with Gasteiger partial charge in [0.05, 0.1) is 5.75 Å². The van der Waals surface area contributed by atoms with Crippen molar-refractivity contribution in [2.45, 2.75) is 57.4 Å². The molecule has 5 heteroatoms. The molecule has 18 heavy (non-hydrogen) atoms. The Hall–Kier alpha value is -0.130. The van der Waals surface area contributed by atoms with Gasteiger partial charge in [-0.15, -0.1) is 0 Å². The second-order valence-electron chi connectivity index (χ2n) is 6.16. The zero-order valence-electron chi connectivity index (χ0n) is 11.3. The van der Waals surface area contributed by atoms with Crippen molar-refractivity contribution in [3.63, 3.8) is 0 Å². The van der Waals surface area contributed by atoms with Crippen LogP contribution in [0.15, 0.2) is 0 Å². The van der Waals surface area contributed by atoms with Crippen LogP contribution in [-0.4, -0.2) is 26.3 Å². The summed E-state index contributed by atoms with van der Waals surface area (Å²) < 4.78 is 27.3. The Bertz CT molecular complexity index is 378. The van der Waals surface area contributed by atoms with Crippen LogP contribution in [0.3, 0.4) is 0 Å². The number of sulfonamides is 1. The fourth-order valence-corrected chi connectivity index (χ4v) is 4.75. The number of hydrogen-bond donors (Lipinski definition) is 2. The Balaban J connectivity index is 1.98. The molecule has 2 aliphatic rings. The molecule has 2 aliphatic carbocycles. The van der Waals surface area contributed by atoms with Crippen molar-refractivity contribution >= 4 is 10.0 Å². The van der Waals surface area contributed by atoms with Gasteiger partial charge in [0, 0.05) is 12.1 Å². The van der Waals surface area contributed by atoms with Gasteiger partial charge < -0.3 is 5.73 Å². The summed E-state index contributed by atoms with van der Waals surface area (Å²) >= 11 is 0. The third kappa shape index (κ3) is 3.45. The molecule has 0 amide bonds. The fourth-order valence-electron chi connectivity index (χ4n) is 3.00. The summed E-state index contributed by atoms with van der Waals surface area (Å²) in [6.07, 6.45) is 7.43. The molecule has 0 spiro atoms. The zero-order valence-corrected chi connectivity index (χ0v) is 12.1. The highest BCUT2D eigenvalue weighted by Crippen LogP contribution is 2.35. The second-order valence-corrected chi connectivity index (χ2v) is 8.00. The largest absolute Gasteiger partial charge is 0.329 e. The van der Waals surface area contributed by atoms with Crippen LogP contribution >= 0.6 is 0 Å². The Morgan fingerprint density at radius 3 is 2.56 bits per heavy atom. The molecule has 3 N–H and O–H groups in total. The molecule has 0 heterocycles. The lowest BCUT2D eigenvalue weighted by Gasteiger charge is -2.42. The van der Waals surface area contributed by atoms with Crippen molar-refractivity contribution in [3.05, 3.63) is 0 Å². The third-order valence-electron chi connectivity index (χ3n) is 4.67. The van der Waals surface area contributed by atoms with E-state index >= 15 is 0 Å². The molecule has 2 atom stereocenters. The van der Waals surface area contributed by atoms with Crippen molar-refractivity contribution in [2.75, 3.05) is 12.3 Å². The van der Waals surface area contributed by atoms with E-state index in [0.29, 0.717) is 18.4 Å². The van der Waals surface area contributed by atoms with Gasteiger partial charge in [-0.3, -0.25) is 0 Å². The predicted octanol–water partition coefficient (Wildman–Crippen LogP) is 1.61. The summed E-state index contributed by atoms with van der Waals surface area (Å²) in [7, 11) is -3.17. The first-order valence-corrected chi connectivity index (χ1v) is 8.84. The smallest absolute Gasteiger partial charge is 0.212 e. The van der Waals surface area contributed by atoms with Gasteiger partial charge in [-0.05, 0) is 31.1 Å². The van der Waals surface area contributed by atoms with E-state index in [4.69, 9.17) is 5.73 Å². The van der Waals surface area contributed by atoms with Crippen LogP contribution in [0.2, 0.25) is 0 Å². The molecule has 106 valence electrons. The molecular formula is C13H26N2O2S. The SMILES string of the molecule is CC1CCCCC1(CN)NS(=O)(=O)CCC1CC1. The summed E-state index contributed by atoms with van der Waals surface area (Å²) in [5.74, 6) is 1.26. The molecular weight excluding hydrogens is 248 g/mol. The van der Waals surface area contributed by atoms with E-state index in [1.54, 1.807) is 0 Å². The summed E-state index contributed by atoms with van der Waals surface area (Å²) in [5, 5.41) is 0. The van der Waals surface area contributed by atoms with Crippen LogP contribution < -0.4 is 10.5 Å². The minimum Gasteiger partial charge on any atom is -0.329 e. The van der Waals surface area contributed by atoms with E-state index in [9.17, 15) is 8.42 Å². The maximum absolute atomic E-state index is 12.2. The first-order valence-electron chi connectivity index (χ1n) is 7.19. The predicted molar refractivity (Wildman–Crippen MR) is 73.7 cm³/mol. The normalized spacial score (nSPS) is 33.6. The van der Waals surface area contributed by atoms with Crippen LogP contribution in [0.1, 0.15) is 51.9 Å². The summed E-state index contributed by atoms with van der Waals surface area (Å²) in [4.78, 5) is 0. The molecule has 2 rings (SSSR count). The number of hydrogen-bond acceptors (Lipinski definition) is 3. The molecule has 4 nitrogen and oxygen atoms in total. The molecule has 2 unspecified atom stereocenters. The first-order chi connectivity index (χ1) is 8.47. The monoisotopic (exact) mass is 274 g/mol. The van der Waals surface area contributed by atoms with E-state index in [0.717, 1.165) is 25.7 Å². The maximum Gasteiger partial charge on any atom is 0.212 e. The lowest BCUT2D eigenvalue weighted by molar-refractivity contribution is 0.191. The third-order valence-corrected chi connectivity index (χ3v) is 6.16. The molecule has 0 aromatic rings. The molecule has 0 aromatic heterocycles. The standard InChI is InChI=1S/C13H26N2O2S/c1-11-4-2-3-8-13(11,10-14)15-18(16,17)9-7-12-5-6-12/h11-12,15H,2-10,14H2,1H3. The lowest BCUT2D eigenvalue weighted by Crippen LogP contribution is -2.59. The zero-order chi connectivity index (χ0) is 13.2. The van der Waals surface area contributed by atoms with E-state index in [-0.39, 0.29) is 11.3 Å². The number of nitrogens with two attached hydrogens (primary N) is 1. The summed E-state index contributed by atoms with van der Waals surface area (Å²) in [5.41, 5.74) is 5.49. The van der Waals surface area contributed by atoms with Gasteiger partial charge in [-0.25, -0.2) is 13.1 Å². The van der Waals surface area contributed by atoms with E-state index < -0.39 is 10.0 Å².